The summed E-state index contributed by atoms with van der Waals surface area (Å²) in [5, 5.41) is 13.2. The van der Waals surface area contributed by atoms with E-state index in [0.717, 1.165) is 37.8 Å². The van der Waals surface area contributed by atoms with Crippen LogP contribution in [0.2, 0.25) is 0 Å². The van der Waals surface area contributed by atoms with E-state index >= 15 is 0 Å². The first kappa shape index (κ1) is 17.7. The molecule has 5 heterocycles. The summed E-state index contributed by atoms with van der Waals surface area (Å²) in [4.78, 5) is 22.3. The Bertz CT molecular complexity index is 1380. The first-order chi connectivity index (χ1) is 14.1. The second kappa shape index (κ2) is 6.93. The van der Waals surface area contributed by atoms with Crippen molar-refractivity contribution in [3.63, 3.8) is 0 Å². The molecule has 0 fully saturated rings. The van der Waals surface area contributed by atoms with Crippen LogP contribution in [0.4, 0.5) is 0 Å². The van der Waals surface area contributed by atoms with Crippen molar-refractivity contribution < 1.29 is 0 Å². The van der Waals surface area contributed by atoms with Gasteiger partial charge in [-0.1, -0.05) is 6.07 Å². The predicted octanol–water partition coefficient (Wildman–Crippen LogP) is 2.60. The lowest BCUT2D eigenvalue weighted by atomic mass is 10.2. The second-order valence-corrected chi connectivity index (χ2v) is 8.12. The maximum Gasteiger partial charge on any atom is 0.291 e. The Hall–Kier alpha value is -3.33. The molecule has 146 valence electrons. The van der Waals surface area contributed by atoms with Gasteiger partial charge in [0, 0.05) is 48.6 Å². The molecule has 0 radical (unpaired) electrons. The average Bonchev–Trinajstić information content (AvgIpc) is 3.41. The molecule has 0 aliphatic carbocycles. The summed E-state index contributed by atoms with van der Waals surface area (Å²) in [5.74, 6) is 0. The topological polar surface area (TPSA) is 94.3 Å². The summed E-state index contributed by atoms with van der Waals surface area (Å²) in [5.41, 5.74) is 4.29. The zero-order valence-electron chi connectivity index (χ0n) is 16.1. The van der Waals surface area contributed by atoms with Crippen LogP contribution in [0.25, 0.3) is 21.3 Å². The Morgan fingerprint density at radius 2 is 2.10 bits per heavy atom. The molecule has 5 aromatic heterocycles. The molecule has 0 unspecified atom stereocenters. The van der Waals surface area contributed by atoms with Crippen molar-refractivity contribution in [1.29, 1.82) is 0 Å². The Labute approximate surface area is 169 Å². The normalized spacial score (nSPS) is 11.7. The third-order valence-corrected chi connectivity index (χ3v) is 6.07. The molecule has 0 bridgehead atoms. The molecule has 0 saturated carbocycles. The van der Waals surface area contributed by atoms with Gasteiger partial charge < -0.3 is 4.57 Å². The van der Waals surface area contributed by atoms with Crippen molar-refractivity contribution >= 4 is 32.6 Å². The van der Waals surface area contributed by atoms with E-state index in [9.17, 15) is 4.79 Å². The molecular weight excluding hydrogens is 386 g/mol. The lowest BCUT2D eigenvalue weighted by Gasteiger charge is -2.06. The maximum atomic E-state index is 13.1. The molecule has 29 heavy (non-hydrogen) atoms. The molecule has 1 N–H and O–H groups in total. The molecule has 0 aromatic carbocycles. The third-order valence-electron chi connectivity index (χ3n) is 5.00. The number of hydrogen-bond donors (Lipinski definition) is 1. The Kier molecular flexibility index (Phi) is 4.24. The highest BCUT2D eigenvalue weighted by Crippen LogP contribution is 2.31. The number of aromatic amines is 1. The zero-order chi connectivity index (χ0) is 20.0. The van der Waals surface area contributed by atoms with E-state index in [4.69, 9.17) is 4.98 Å². The monoisotopic (exact) mass is 405 g/mol. The summed E-state index contributed by atoms with van der Waals surface area (Å²) < 4.78 is 4.39. The van der Waals surface area contributed by atoms with Crippen LogP contribution in [0.5, 0.6) is 0 Å². The quantitative estimate of drug-likeness (QED) is 0.485. The molecule has 0 aliphatic rings. The van der Waals surface area contributed by atoms with Crippen molar-refractivity contribution in [2.45, 2.75) is 26.3 Å². The molecule has 5 rings (SSSR count). The maximum absolute atomic E-state index is 13.1. The summed E-state index contributed by atoms with van der Waals surface area (Å²) in [6.45, 7) is 2.45. The van der Waals surface area contributed by atoms with E-state index in [2.05, 4.69) is 20.3 Å². The minimum absolute atomic E-state index is 0.0991. The zero-order valence-corrected chi connectivity index (χ0v) is 16.9. The highest BCUT2D eigenvalue weighted by molar-refractivity contribution is 7.19. The number of aromatic nitrogens is 7. The van der Waals surface area contributed by atoms with Gasteiger partial charge in [0.1, 0.15) is 10.5 Å². The van der Waals surface area contributed by atoms with E-state index in [1.165, 1.54) is 4.68 Å². The summed E-state index contributed by atoms with van der Waals surface area (Å²) in [6, 6.07) is 7.85. The van der Waals surface area contributed by atoms with Crippen LogP contribution in [0.15, 0.2) is 41.5 Å². The third kappa shape index (κ3) is 3.13. The number of nitrogens with zero attached hydrogens (tertiary/aromatic N) is 6. The van der Waals surface area contributed by atoms with E-state index in [1.807, 2.05) is 42.8 Å². The van der Waals surface area contributed by atoms with Gasteiger partial charge in [0.25, 0.3) is 5.56 Å². The minimum Gasteiger partial charge on any atom is -0.323 e. The van der Waals surface area contributed by atoms with Crippen molar-refractivity contribution in [3.05, 3.63) is 69.1 Å². The average molecular weight is 405 g/mol. The van der Waals surface area contributed by atoms with E-state index in [1.54, 1.807) is 23.7 Å². The van der Waals surface area contributed by atoms with Gasteiger partial charge in [-0.05, 0) is 25.1 Å². The molecule has 9 heteroatoms. The van der Waals surface area contributed by atoms with Gasteiger partial charge in [-0.25, -0.2) is 9.67 Å². The Morgan fingerprint density at radius 3 is 2.90 bits per heavy atom. The van der Waals surface area contributed by atoms with E-state index in [0.29, 0.717) is 24.9 Å². The summed E-state index contributed by atoms with van der Waals surface area (Å²) >= 11 is 1.59. The Balaban J connectivity index is 1.50. The smallest absolute Gasteiger partial charge is 0.291 e. The number of thiazole rings is 1. The fourth-order valence-electron chi connectivity index (χ4n) is 3.57. The van der Waals surface area contributed by atoms with Gasteiger partial charge in [-0.2, -0.15) is 10.2 Å². The number of rotatable bonds is 5. The summed E-state index contributed by atoms with van der Waals surface area (Å²) in [6.07, 6.45) is 4.86. The van der Waals surface area contributed by atoms with Crippen LogP contribution in [-0.4, -0.2) is 34.5 Å². The van der Waals surface area contributed by atoms with Crippen molar-refractivity contribution in [2.75, 3.05) is 0 Å². The number of fused-ring (bicyclic) bond motifs is 3. The second-order valence-electron chi connectivity index (χ2n) is 7.03. The van der Waals surface area contributed by atoms with Crippen molar-refractivity contribution in [1.82, 2.24) is 34.5 Å². The number of H-pyrrole nitrogens is 1. The van der Waals surface area contributed by atoms with Gasteiger partial charge in [0.2, 0.25) is 0 Å². The van der Waals surface area contributed by atoms with Gasteiger partial charge in [0.15, 0.2) is 5.65 Å². The number of nitrogens with one attached hydrogen (secondary N) is 1. The van der Waals surface area contributed by atoms with Crippen LogP contribution in [0.1, 0.15) is 22.1 Å². The Morgan fingerprint density at radius 1 is 1.21 bits per heavy atom. The lowest BCUT2D eigenvalue weighted by molar-refractivity contribution is 0.576. The molecule has 0 amide bonds. The first-order valence-corrected chi connectivity index (χ1v) is 10.2. The fraction of sp³-hybridized carbons (Fsp3) is 0.250. The van der Waals surface area contributed by atoms with Crippen molar-refractivity contribution in [3.8, 4) is 0 Å². The van der Waals surface area contributed by atoms with Crippen LogP contribution < -0.4 is 5.56 Å². The lowest BCUT2D eigenvalue weighted by Crippen LogP contribution is -2.25. The van der Waals surface area contributed by atoms with E-state index in [-0.39, 0.29) is 5.56 Å². The van der Waals surface area contributed by atoms with Gasteiger partial charge in [-0.3, -0.25) is 14.9 Å². The van der Waals surface area contributed by atoms with Gasteiger partial charge in [-0.15, -0.1) is 11.3 Å². The van der Waals surface area contributed by atoms with E-state index < -0.39 is 0 Å². The largest absolute Gasteiger partial charge is 0.323 e. The molecule has 8 nitrogen and oxygen atoms in total. The van der Waals surface area contributed by atoms with Gasteiger partial charge >= 0.3 is 0 Å². The van der Waals surface area contributed by atoms with Gasteiger partial charge in [0.05, 0.1) is 17.4 Å². The molecule has 0 atom stereocenters. The molecule has 0 aliphatic heterocycles. The number of aryl methyl sites for hydroxylation is 4. The SMILES string of the molecule is Cc1cccc(CCn2ncc3c4sc(Cc5ccn[nH]5)nc4n(C)c3c2=O)n1. The predicted molar refractivity (Wildman–Crippen MR) is 112 cm³/mol. The van der Waals surface area contributed by atoms with Crippen molar-refractivity contribution in [2.24, 2.45) is 7.05 Å². The molecule has 5 aromatic rings. The van der Waals surface area contributed by atoms with Crippen LogP contribution >= 0.6 is 11.3 Å². The number of pyridine rings is 1. The summed E-state index contributed by atoms with van der Waals surface area (Å²) in [7, 11) is 1.89. The van der Waals surface area contributed by atoms with Crippen LogP contribution in [0, 0.1) is 6.92 Å². The highest BCUT2D eigenvalue weighted by atomic mass is 32.1. The van der Waals surface area contributed by atoms with Crippen LogP contribution in [0.3, 0.4) is 0 Å². The first-order valence-electron chi connectivity index (χ1n) is 9.35. The fourth-order valence-corrected chi connectivity index (χ4v) is 4.70. The number of hydrogen-bond acceptors (Lipinski definition) is 6. The van der Waals surface area contributed by atoms with Crippen LogP contribution in [-0.2, 0) is 26.4 Å². The molecular formula is C20H19N7OS. The molecule has 0 saturated heterocycles. The highest BCUT2D eigenvalue weighted by Gasteiger charge is 2.18. The minimum atomic E-state index is -0.0991. The molecule has 0 spiro atoms. The standard InChI is InChI=1S/C20H19N7OS/c1-12-4-3-5-13(23-12)7-9-27-20(28)17-15(11-22-27)18-19(26(17)2)24-16(29-18)10-14-6-8-21-25-14/h3-6,8,11H,7,9-10H2,1-2H3,(H,21,25).